The summed E-state index contributed by atoms with van der Waals surface area (Å²) in [5.74, 6) is 0.594. The molecule has 0 radical (unpaired) electrons. The highest BCUT2D eigenvalue weighted by molar-refractivity contribution is 5.85. The molecule has 6 heteroatoms. The minimum Gasteiger partial charge on any atom is -0.455 e. The van der Waals surface area contributed by atoms with Crippen LogP contribution in [0.2, 0.25) is 0 Å². The quantitative estimate of drug-likeness (QED) is 0.347. The number of nitrogens with zero attached hydrogens (tertiary/aromatic N) is 2. The molecule has 5 aromatic rings. The summed E-state index contributed by atoms with van der Waals surface area (Å²) in [4.78, 5) is 17.8. The molecule has 0 saturated carbocycles. The monoisotopic (exact) mass is 437 g/mol. The lowest BCUT2D eigenvalue weighted by Crippen LogP contribution is -2.13. The summed E-state index contributed by atoms with van der Waals surface area (Å²) in [7, 11) is 0. The van der Waals surface area contributed by atoms with Gasteiger partial charge in [0.05, 0.1) is 34.6 Å². The summed E-state index contributed by atoms with van der Waals surface area (Å²) in [6, 6.07) is 17.3. The number of hydrogen-bond acceptors (Lipinski definition) is 6. The standard InChI is InChI=1S/C27H23N3O3/c1-16-12-21(18(3)30-23-10-7-11-28-24(23)20-14-29-32-15-20)27-22(13-16)25(31)17(2)26(33-27)19-8-5-4-6-9-19/h4-15,18,30H,1-3H3/t18-/m1/s1. The molecule has 33 heavy (non-hydrogen) atoms. The Morgan fingerprint density at radius 3 is 2.58 bits per heavy atom. The molecular weight excluding hydrogens is 414 g/mol. The zero-order valence-corrected chi connectivity index (χ0v) is 18.6. The molecule has 0 aliphatic carbocycles. The van der Waals surface area contributed by atoms with E-state index in [0.29, 0.717) is 22.3 Å². The van der Waals surface area contributed by atoms with Gasteiger partial charge in [-0.2, -0.15) is 0 Å². The van der Waals surface area contributed by atoms with Crippen LogP contribution in [0.5, 0.6) is 0 Å². The molecule has 0 unspecified atom stereocenters. The van der Waals surface area contributed by atoms with Gasteiger partial charge in [-0.05, 0) is 44.5 Å². The van der Waals surface area contributed by atoms with Crippen LogP contribution in [-0.2, 0) is 0 Å². The topological polar surface area (TPSA) is 81.2 Å². The van der Waals surface area contributed by atoms with E-state index in [4.69, 9.17) is 8.94 Å². The van der Waals surface area contributed by atoms with Gasteiger partial charge >= 0.3 is 0 Å². The molecule has 3 aromatic heterocycles. The fraction of sp³-hybridized carbons (Fsp3) is 0.148. The van der Waals surface area contributed by atoms with Gasteiger partial charge in [-0.25, -0.2) is 0 Å². The SMILES string of the molecule is Cc1cc([C@@H](C)Nc2cccnc2-c2cnoc2)c2oc(-c3ccccc3)c(C)c(=O)c2c1. The zero-order chi connectivity index (χ0) is 22.9. The second-order valence-corrected chi connectivity index (χ2v) is 8.16. The number of fused-ring (bicyclic) bond motifs is 1. The van der Waals surface area contributed by atoms with Crippen LogP contribution in [0.4, 0.5) is 5.69 Å². The molecule has 0 amide bonds. The second-order valence-electron chi connectivity index (χ2n) is 8.16. The van der Waals surface area contributed by atoms with Crippen molar-refractivity contribution in [2.45, 2.75) is 26.8 Å². The van der Waals surface area contributed by atoms with Crippen molar-refractivity contribution in [2.75, 3.05) is 5.32 Å². The Hall–Kier alpha value is -4.19. The van der Waals surface area contributed by atoms with Gasteiger partial charge in [-0.3, -0.25) is 9.78 Å². The van der Waals surface area contributed by atoms with Crippen LogP contribution >= 0.6 is 0 Å². The largest absolute Gasteiger partial charge is 0.455 e. The van der Waals surface area contributed by atoms with Crippen LogP contribution < -0.4 is 10.7 Å². The Kier molecular flexibility index (Phi) is 5.26. The predicted molar refractivity (Wildman–Crippen MR) is 129 cm³/mol. The number of pyridine rings is 1. The van der Waals surface area contributed by atoms with Gasteiger partial charge in [0.15, 0.2) is 5.43 Å². The molecule has 5 rings (SSSR count). The van der Waals surface area contributed by atoms with E-state index in [1.165, 1.54) is 0 Å². The summed E-state index contributed by atoms with van der Waals surface area (Å²) in [5.41, 5.74) is 6.31. The highest BCUT2D eigenvalue weighted by Crippen LogP contribution is 2.33. The van der Waals surface area contributed by atoms with Crippen molar-refractivity contribution in [1.82, 2.24) is 10.1 Å². The van der Waals surface area contributed by atoms with Gasteiger partial charge in [-0.1, -0.05) is 41.6 Å². The van der Waals surface area contributed by atoms with Crippen LogP contribution in [-0.4, -0.2) is 10.1 Å². The van der Waals surface area contributed by atoms with E-state index in [-0.39, 0.29) is 11.5 Å². The molecule has 1 atom stereocenters. The van der Waals surface area contributed by atoms with Gasteiger partial charge in [0.1, 0.15) is 17.6 Å². The van der Waals surface area contributed by atoms with E-state index in [0.717, 1.165) is 33.6 Å². The van der Waals surface area contributed by atoms with Crippen LogP contribution in [0, 0.1) is 13.8 Å². The van der Waals surface area contributed by atoms with Crippen molar-refractivity contribution in [2.24, 2.45) is 0 Å². The second kappa shape index (κ2) is 8.39. The normalized spacial score (nSPS) is 12.1. The number of nitrogens with one attached hydrogen (secondary N) is 1. The van der Waals surface area contributed by atoms with E-state index < -0.39 is 0 Å². The van der Waals surface area contributed by atoms with Gasteiger partial charge in [0.2, 0.25) is 0 Å². The van der Waals surface area contributed by atoms with Gasteiger partial charge in [0.25, 0.3) is 0 Å². The summed E-state index contributed by atoms with van der Waals surface area (Å²) in [6.07, 6.45) is 4.93. The van der Waals surface area contributed by atoms with Crippen LogP contribution in [0.3, 0.4) is 0 Å². The smallest absolute Gasteiger partial charge is 0.196 e. The van der Waals surface area contributed by atoms with Crippen LogP contribution in [0.1, 0.15) is 29.7 Å². The molecule has 0 fully saturated rings. The fourth-order valence-electron chi connectivity index (χ4n) is 4.14. The average molecular weight is 437 g/mol. The molecule has 164 valence electrons. The van der Waals surface area contributed by atoms with Crippen molar-refractivity contribution < 1.29 is 8.94 Å². The van der Waals surface area contributed by atoms with Gasteiger partial charge < -0.3 is 14.3 Å². The molecule has 2 aromatic carbocycles. The minimum atomic E-state index is -0.162. The van der Waals surface area contributed by atoms with Crippen LogP contribution in [0.25, 0.3) is 33.6 Å². The first kappa shape index (κ1) is 20.7. The number of rotatable bonds is 5. The molecule has 0 aliphatic heterocycles. The zero-order valence-electron chi connectivity index (χ0n) is 18.6. The molecule has 1 N–H and O–H groups in total. The number of hydrogen-bond donors (Lipinski definition) is 1. The maximum Gasteiger partial charge on any atom is 0.196 e. The summed E-state index contributed by atoms with van der Waals surface area (Å²) >= 11 is 0. The summed E-state index contributed by atoms with van der Waals surface area (Å²) in [6.45, 7) is 5.85. The molecule has 0 bridgehead atoms. The minimum absolute atomic E-state index is 0.0150. The molecule has 0 aliphatic rings. The highest BCUT2D eigenvalue weighted by atomic mass is 16.5. The van der Waals surface area contributed by atoms with Crippen molar-refractivity contribution in [1.29, 1.82) is 0 Å². The van der Waals surface area contributed by atoms with E-state index >= 15 is 0 Å². The number of anilines is 1. The Labute approximate surface area is 190 Å². The van der Waals surface area contributed by atoms with E-state index in [9.17, 15) is 4.79 Å². The third kappa shape index (κ3) is 3.80. The molecule has 0 spiro atoms. The number of aryl methyl sites for hydroxylation is 1. The summed E-state index contributed by atoms with van der Waals surface area (Å²) < 4.78 is 11.4. The number of benzene rings is 2. The van der Waals surface area contributed by atoms with Crippen molar-refractivity contribution >= 4 is 16.7 Å². The Morgan fingerprint density at radius 2 is 1.82 bits per heavy atom. The first-order valence-electron chi connectivity index (χ1n) is 10.8. The molecular formula is C27H23N3O3. The first-order valence-corrected chi connectivity index (χ1v) is 10.8. The van der Waals surface area contributed by atoms with Gasteiger partial charge in [0, 0.05) is 22.9 Å². The summed E-state index contributed by atoms with van der Waals surface area (Å²) in [5, 5.41) is 7.91. The Balaban J connectivity index is 1.64. The van der Waals surface area contributed by atoms with Crippen LogP contribution in [0.15, 0.2) is 87.0 Å². The lowest BCUT2D eigenvalue weighted by Gasteiger charge is -2.20. The lowest BCUT2D eigenvalue weighted by atomic mass is 9.98. The van der Waals surface area contributed by atoms with E-state index in [1.54, 1.807) is 18.7 Å². The molecule has 6 nitrogen and oxygen atoms in total. The molecule has 0 saturated heterocycles. The average Bonchev–Trinajstić information content (AvgIpc) is 3.37. The Morgan fingerprint density at radius 1 is 1.00 bits per heavy atom. The highest BCUT2D eigenvalue weighted by Gasteiger charge is 2.20. The first-order chi connectivity index (χ1) is 16.0. The van der Waals surface area contributed by atoms with Crippen molar-refractivity contribution in [3.63, 3.8) is 0 Å². The third-order valence-corrected chi connectivity index (χ3v) is 5.78. The van der Waals surface area contributed by atoms with Crippen molar-refractivity contribution in [3.05, 3.63) is 100 Å². The van der Waals surface area contributed by atoms with Crippen molar-refractivity contribution in [3.8, 4) is 22.6 Å². The predicted octanol–water partition coefficient (Wildman–Crippen LogP) is 6.30. The molecule has 3 heterocycles. The third-order valence-electron chi connectivity index (χ3n) is 5.78. The maximum atomic E-state index is 13.3. The van der Waals surface area contributed by atoms with E-state index in [2.05, 4.69) is 21.5 Å². The maximum absolute atomic E-state index is 13.3. The number of aromatic nitrogens is 2. The van der Waals surface area contributed by atoms with E-state index in [1.807, 2.05) is 69.3 Å². The van der Waals surface area contributed by atoms with Gasteiger partial charge in [-0.15, -0.1) is 0 Å². The Bertz CT molecular complexity index is 1490. The fourth-order valence-corrected chi connectivity index (χ4v) is 4.14. The lowest BCUT2D eigenvalue weighted by molar-refractivity contribution is 0.420.